The van der Waals surface area contributed by atoms with E-state index in [1.807, 2.05) is 0 Å². The molecule has 9 nitrogen and oxygen atoms in total. The number of benzene rings is 1. The van der Waals surface area contributed by atoms with Crippen molar-refractivity contribution < 1.29 is 28.6 Å². The zero-order valence-corrected chi connectivity index (χ0v) is 14.7. The molecule has 0 bridgehead atoms. The van der Waals surface area contributed by atoms with E-state index >= 15 is 0 Å². The maximum absolute atomic E-state index is 12.5. The van der Waals surface area contributed by atoms with Crippen LogP contribution in [-0.4, -0.2) is 53.0 Å². The molecule has 2 rings (SSSR count). The van der Waals surface area contributed by atoms with Gasteiger partial charge in [-0.3, -0.25) is 4.79 Å². The summed E-state index contributed by atoms with van der Waals surface area (Å²) in [4.78, 5) is 36.6. The Labute approximate surface area is 149 Å². The number of hydrogen-bond donors (Lipinski definition) is 0. The number of hydrogen-bond acceptors (Lipinski definition) is 8. The van der Waals surface area contributed by atoms with Gasteiger partial charge in [0.25, 0.3) is 0 Å². The van der Waals surface area contributed by atoms with Gasteiger partial charge in [-0.05, 0) is 38.1 Å². The fraction of sp³-hybridized carbons (Fsp3) is 0.353. The van der Waals surface area contributed by atoms with Crippen molar-refractivity contribution in [2.24, 2.45) is 0 Å². The molecule has 2 aromatic rings. The number of rotatable bonds is 8. The van der Waals surface area contributed by atoms with Crippen LogP contribution in [-0.2, 0) is 16.0 Å². The van der Waals surface area contributed by atoms with Crippen molar-refractivity contribution in [2.45, 2.75) is 20.4 Å². The number of nitrogens with zero attached hydrogens (tertiary/aromatic N) is 3. The molecule has 0 aliphatic carbocycles. The quantitative estimate of drug-likeness (QED) is 0.514. The number of carbonyl (C=O) groups is 3. The van der Waals surface area contributed by atoms with Gasteiger partial charge in [0, 0.05) is 5.56 Å². The lowest BCUT2D eigenvalue weighted by Gasteiger charge is -2.07. The van der Waals surface area contributed by atoms with E-state index in [1.54, 1.807) is 38.1 Å². The summed E-state index contributed by atoms with van der Waals surface area (Å²) in [5.41, 5.74) is -0.103. The Balaban J connectivity index is 2.30. The molecule has 0 saturated carbocycles. The van der Waals surface area contributed by atoms with E-state index in [1.165, 1.54) is 7.11 Å². The minimum Gasteiger partial charge on any atom is -0.497 e. The molecule has 0 N–H and O–H groups in total. The third kappa shape index (κ3) is 4.24. The van der Waals surface area contributed by atoms with Crippen molar-refractivity contribution in [3.05, 3.63) is 41.2 Å². The molecule has 0 aliphatic heterocycles. The van der Waals surface area contributed by atoms with E-state index in [4.69, 9.17) is 14.2 Å². The summed E-state index contributed by atoms with van der Waals surface area (Å²) < 4.78 is 15.9. The Morgan fingerprint density at radius 3 is 2.19 bits per heavy atom. The highest BCUT2D eigenvalue weighted by Gasteiger charge is 2.28. The number of methoxy groups -OCH3 is 1. The van der Waals surface area contributed by atoms with Crippen LogP contribution in [0.15, 0.2) is 24.3 Å². The van der Waals surface area contributed by atoms with Crippen LogP contribution in [0.4, 0.5) is 0 Å². The van der Waals surface area contributed by atoms with Crippen LogP contribution in [0.3, 0.4) is 0 Å². The predicted octanol–water partition coefficient (Wildman–Crippen LogP) is 1.52. The second-order valence-electron chi connectivity index (χ2n) is 5.04. The van der Waals surface area contributed by atoms with Gasteiger partial charge in [-0.25, -0.2) is 14.3 Å². The van der Waals surface area contributed by atoms with Gasteiger partial charge >= 0.3 is 11.9 Å². The summed E-state index contributed by atoms with van der Waals surface area (Å²) >= 11 is 0. The monoisotopic (exact) mass is 361 g/mol. The first-order chi connectivity index (χ1) is 12.5. The number of carbonyl (C=O) groups excluding carboxylic acids is 3. The minimum atomic E-state index is -0.807. The van der Waals surface area contributed by atoms with Crippen molar-refractivity contribution in [2.75, 3.05) is 20.3 Å². The summed E-state index contributed by atoms with van der Waals surface area (Å²) in [5.74, 6) is -1.32. The summed E-state index contributed by atoms with van der Waals surface area (Å²) in [6.45, 7) is 3.17. The highest BCUT2D eigenvalue weighted by atomic mass is 16.5. The van der Waals surface area contributed by atoms with Gasteiger partial charge in [0.05, 0.1) is 20.3 Å². The number of esters is 2. The molecule has 0 fully saturated rings. The molecule has 0 unspecified atom stereocenters. The van der Waals surface area contributed by atoms with E-state index in [9.17, 15) is 14.4 Å². The minimum absolute atomic E-state index is 0.0959. The second-order valence-corrected chi connectivity index (χ2v) is 5.04. The van der Waals surface area contributed by atoms with Crippen LogP contribution >= 0.6 is 0 Å². The number of Topliss-reactive ketones (excluding diaryl/α,β-unsaturated/α-hetero) is 1. The van der Waals surface area contributed by atoms with Gasteiger partial charge in [-0.15, -0.1) is 5.10 Å². The van der Waals surface area contributed by atoms with Gasteiger partial charge in [0.15, 0.2) is 11.5 Å². The first kappa shape index (κ1) is 19.1. The molecule has 0 atom stereocenters. The maximum Gasteiger partial charge on any atom is 0.361 e. The lowest BCUT2D eigenvalue weighted by atomic mass is 10.1. The van der Waals surface area contributed by atoms with E-state index in [0.717, 1.165) is 4.68 Å². The van der Waals surface area contributed by atoms with Gasteiger partial charge in [-0.1, -0.05) is 5.21 Å². The lowest BCUT2D eigenvalue weighted by Crippen LogP contribution is -2.21. The average Bonchev–Trinajstić information content (AvgIpc) is 3.06. The van der Waals surface area contributed by atoms with E-state index in [0.29, 0.717) is 11.3 Å². The lowest BCUT2D eigenvalue weighted by molar-refractivity contribution is 0.0466. The fourth-order valence-electron chi connectivity index (χ4n) is 2.17. The SMILES string of the molecule is CCOC(=O)c1nnn(CC(=O)c2ccc(OC)cc2)c1C(=O)OCC. The van der Waals surface area contributed by atoms with Gasteiger partial charge in [0.2, 0.25) is 5.69 Å². The topological polar surface area (TPSA) is 110 Å². The Kier molecular flexibility index (Phi) is 6.42. The second kappa shape index (κ2) is 8.75. The number of aromatic nitrogens is 3. The van der Waals surface area contributed by atoms with Crippen LogP contribution in [0.25, 0.3) is 0 Å². The van der Waals surface area contributed by atoms with Crippen LogP contribution in [0.5, 0.6) is 5.75 Å². The normalized spacial score (nSPS) is 10.3. The first-order valence-corrected chi connectivity index (χ1v) is 7.96. The van der Waals surface area contributed by atoms with Crippen LogP contribution in [0.2, 0.25) is 0 Å². The van der Waals surface area contributed by atoms with E-state index in [-0.39, 0.29) is 36.9 Å². The molecular formula is C17H19N3O6. The maximum atomic E-state index is 12.5. The summed E-state index contributed by atoms with van der Waals surface area (Å²) in [6, 6.07) is 6.47. The molecule has 0 spiro atoms. The van der Waals surface area contributed by atoms with Crippen molar-refractivity contribution in [1.82, 2.24) is 15.0 Å². The molecule has 9 heteroatoms. The van der Waals surface area contributed by atoms with Gasteiger partial charge in [-0.2, -0.15) is 0 Å². The van der Waals surface area contributed by atoms with E-state index in [2.05, 4.69) is 10.3 Å². The largest absolute Gasteiger partial charge is 0.497 e. The summed E-state index contributed by atoms with van der Waals surface area (Å²) in [5, 5.41) is 7.42. The number of ketones is 1. The summed E-state index contributed by atoms with van der Waals surface area (Å²) in [6.07, 6.45) is 0. The molecule has 26 heavy (non-hydrogen) atoms. The van der Waals surface area contributed by atoms with Crippen molar-refractivity contribution in [1.29, 1.82) is 0 Å². The zero-order chi connectivity index (χ0) is 19.1. The molecule has 1 aromatic carbocycles. The number of ether oxygens (including phenoxy) is 3. The highest BCUT2D eigenvalue weighted by Crippen LogP contribution is 2.14. The molecule has 0 amide bonds. The molecule has 0 aliphatic rings. The smallest absolute Gasteiger partial charge is 0.361 e. The molecule has 0 radical (unpaired) electrons. The Morgan fingerprint density at radius 1 is 1.00 bits per heavy atom. The van der Waals surface area contributed by atoms with Crippen molar-refractivity contribution >= 4 is 17.7 Å². The van der Waals surface area contributed by atoms with E-state index < -0.39 is 11.9 Å². The van der Waals surface area contributed by atoms with Crippen LogP contribution < -0.4 is 4.74 Å². The van der Waals surface area contributed by atoms with Gasteiger partial charge in [0.1, 0.15) is 12.3 Å². The molecule has 138 valence electrons. The van der Waals surface area contributed by atoms with Crippen molar-refractivity contribution in [3.63, 3.8) is 0 Å². The zero-order valence-electron chi connectivity index (χ0n) is 14.7. The summed E-state index contributed by atoms with van der Waals surface area (Å²) in [7, 11) is 1.52. The Bertz CT molecular complexity index is 797. The Morgan fingerprint density at radius 2 is 1.62 bits per heavy atom. The average molecular weight is 361 g/mol. The first-order valence-electron chi connectivity index (χ1n) is 7.96. The van der Waals surface area contributed by atoms with Crippen molar-refractivity contribution in [3.8, 4) is 5.75 Å². The molecular weight excluding hydrogens is 342 g/mol. The highest BCUT2D eigenvalue weighted by molar-refractivity contribution is 6.01. The predicted molar refractivity (Wildman–Crippen MR) is 89.3 cm³/mol. The van der Waals surface area contributed by atoms with Crippen LogP contribution in [0, 0.1) is 0 Å². The van der Waals surface area contributed by atoms with Gasteiger partial charge < -0.3 is 14.2 Å². The Hall–Kier alpha value is -3.23. The third-order valence-electron chi connectivity index (χ3n) is 3.38. The molecule has 0 saturated heterocycles. The standard InChI is InChI=1S/C17H19N3O6/c1-4-25-16(22)14-15(17(23)26-5-2)20(19-18-14)10-13(21)11-6-8-12(24-3)9-7-11/h6-9H,4-5,10H2,1-3H3. The van der Waals surface area contributed by atoms with Crippen LogP contribution in [0.1, 0.15) is 45.2 Å². The molecule has 1 aromatic heterocycles. The fourth-order valence-corrected chi connectivity index (χ4v) is 2.17. The molecule has 1 heterocycles. The third-order valence-corrected chi connectivity index (χ3v) is 3.38.